The molecule has 3 unspecified atom stereocenters. The Hall–Kier alpha value is -1.39. The maximum Gasteiger partial charge on any atom is 0.306 e. The van der Waals surface area contributed by atoms with E-state index in [0.717, 1.165) is 25.7 Å². The van der Waals surface area contributed by atoms with Crippen LogP contribution in [0.5, 0.6) is 0 Å². The van der Waals surface area contributed by atoms with Crippen molar-refractivity contribution in [1.29, 1.82) is 0 Å². The van der Waals surface area contributed by atoms with Crippen molar-refractivity contribution in [3.8, 4) is 0 Å². The van der Waals surface area contributed by atoms with Crippen LogP contribution >= 0.6 is 0 Å². The first-order valence-corrected chi connectivity index (χ1v) is 7.10. The molecule has 0 bridgehead atoms. The van der Waals surface area contributed by atoms with Gasteiger partial charge in [-0.3, -0.25) is 19.3 Å². The standard InChI is InChI=1S/C14H21NO4/c1-9(14(18)19)5-4-8-15-12(16)10-6-2-3-7-11(10)13(15)17/h9-11H,2-8H2,1H3,(H,18,19). The summed E-state index contributed by atoms with van der Waals surface area (Å²) in [4.78, 5) is 36.4. The molecule has 3 atom stereocenters. The van der Waals surface area contributed by atoms with Gasteiger partial charge in [0.05, 0.1) is 17.8 Å². The maximum atomic E-state index is 12.1. The van der Waals surface area contributed by atoms with Gasteiger partial charge in [-0.05, 0) is 25.7 Å². The summed E-state index contributed by atoms with van der Waals surface area (Å²) in [6.07, 6.45) is 4.80. The zero-order chi connectivity index (χ0) is 14.0. The lowest BCUT2D eigenvalue weighted by molar-refractivity contribution is -0.141. The third-order valence-corrected chi connectivity index (χ3v) is 4.37. The Bertz CT molecular complexity index is 369. The molecule has 0 radical (unpaired) electrons. The van der Waals surface area contributed by atoms with E-state index in [2.05, 4.69) is 0 Å². The number of hydrogen-bond donors (Lipinski definition) is 1. The van der Waals surface area contributed by atoms with Crippen LogP contribution in [0.1, 0.15) is 45.4 Å². The molecule has 1 N–H and O–H groups in total. The smallest absolute Gasteiger partial charge is 0.306 e. The Kier molecular flexibility index (Phi) is 4.22. The molecule has 2 rings (SSSR count). The van der Waals surface area contributed by atoms with Crippen LogP contribution in [0.15, 0.2) is 0 Å². The lowest BCUT2D eigenvalue weighted by atomic mass is 9.81. The molecule has 1 saturated carbocycles. The summed E-state index contributed by atoms with van der Waals surface area (Å²) in [5, 5.41) is 8.80. The summed E-state index contributed by atoms with van der Waals surface area (Å²) < 4.78 is 0. The van der Waals surface area contributed by atoms with Gasteiger partial charge in [0.2, 0.25) is 11.8 Å². The minimum Gasteiger partial charge on any atom is -0.481 e. The Morgan fingerprint density at radius 1 is 1.26 bits per heavy atom. The third kappa shape index (κ3) is 2.80. The highest BCUT2D eigenvalue weighted by molar-refractivity contribution is 6.05. The highest BCUT2D eigenvalue weighted by atomic mass is 16.4. The Balaban J connectivity index is 1.88. The number of imide groups is 1. The maximum absolute atomic E-state index is 12.1. The first-order valence-electron chi connectivity index (χ1n) is 7.10. The van der Waals surface area contributed by atoms with Crippen molar-refractivity contribution in [3.05, 3.63) is 0 Å². The van der Waals surface area contributed by atoms with E-state index in [-0.39, 0.29) is 23.7 Å². The molecule has 5 heteroatoms. The van der Waals surface area contributed by atoms with Crippen LogP contribution in [0.3, 0.4) is 0 Å². The molecule has 0 spiro atoms. The summed E-state index contributed by atoms with van der Waals surface area (Å²) in [5.74, 6) is -1.51. The van der Waals surface area contributed by atoms with Crippen molar-refractivity contribution in [2.24, 2.45) is 17.8 Å². The summed E-state index contributed by atoms with van der Waals surface area (Å²) in [6, 6.07) is 0. The Morgan fingerprint density at radius 2 is 1.79 bits per heavy atom. The van der Waals surface area contributed by atoms with Crippen molar-refractivity contribution >= 4 is 17.8 Å². The van der Waals surface area contributed by atoms with Crippen LogP contribution in [0.4, 0.5) is 0 Å². The minimum atomic E-state index is -0.826. The molecule has 0 aromatic rings. The number of aliphatic carboxylic acids is 1. The van der Waals surface area contributed by atoms with Gasteiger partial charge in [-0.25, -0.2) is 0 Å². The van der Waals surface area contributed by atoms with Gasteiger partial charge in [0.25, 0.3) is 0 Å². The molecule has 2 amide bonds. The van der Waals surface area contributed by atoms with Gasteiger partial charge >= 0.3 is 5.97 Å². The van der Waals surface area contributed by atoms with Gasteiger partial charge in [0.15, 0.2) is 0 Å². The molecule has 2 fully saturated rings. The first-order chi connectivity index (χ1) is 9.02. The third-order valence-electron chi connectivity index (χ3n) is 4.37. The quantitative estimate of drug-likeness (QED) is 0.769. The monoisotopic (exact) mass is 267 g/mol. The lowest BCUT2D eigenvalue weighted by Gasteiger charge is -2.19. The van der Waals surface area contributed by atoms with Crippen LogP contribution in [0.2, 0.25) is 0 Å². The molecule has 2 aliphatic rings. The Labute approximate surface area is 113 Å². The van der Waals surface area contributed by atoms with Crippen molar-refractivity contribution in [2.45, 2.75) is 45.4 Å². The van der Waals surface area contributed by atoms with E-state index < -0.39 is 11.9 Å². The molecular formula is C14H21NO4. The topological polar surface area (TPSA) is 74.7 Å². The van der Waals surface area contributed by atoms with Crippen LogP contribution < -0.4 is 0 Å². The fourth-order valence-electron chi connectivity index (χ4n) is 3.13. The summed E-state index contributed by atoms with van der Waals surface area (Å²) >= 11 is 0. The zero-order valence-corrected chi connectivity index (χ0v) is 11.3. The second kappa shape index (κ2) is 5.72. The van der Waals surface area contributed by atoms with Crippen molar-refractivity contribution < 1.29 is 19.5 Å². The number of fused-ring (bicyclic) bond motifs is 1. The molecule has 5 nitrogen and oxygen atoms in total. The number of carboxylic acids is 1. The van der Waals surface area contributed by atoms with E-state index in [1.807, 2.05) is 0 Å². The second-order valence-corrected chi connectivity index (χ2v) is 5.71. The summed E-state index contributed by atoms with van der Waals surface area (Å²) in [5.41, 5.74) is 0. The molecule has 0 aromatic heterocycles. The van der Waals surface area contributed by atoms with E-state index in [4.69, 9.17) is 5.11 Å². The zero-order valence-electron chi connectivity index (χ0n) is 11.3. The number of amides is 2. The predicted octanol–water partition coefficient (Wildman–Crippen LogP) is 1.66. The van der Waals surface area contributed by atoms with Crippen molar-refractivity contribution in [3.63, 3.8) is 0 Å². The SMILES string of the molecule is CC(CCCN1C(=O)C2CCCCC2C1=O)C(=O)O. The van der Waals surface area contributed by atoms with E-state index >= 15 is 0 Å². The average molecular weight is 267 g/mol. The molecule has 0 aromatic carbocycles. The van der Waals surface area contributed by atoms with E-state index in [1.165, 1.54) is 4.90 Å². The molecule has 19 heavy (non-hydrogen) atoms. The molecule has 1 saturated heterocycles. The number of carboxylic acid groups (broad SMARTS) is 1. The number of rotatable bonds is 5. The molecular weight excluding hydrogens is 246 g/mol. The molecule has 1 aliphatic heterocycles. The molecule has 1 heterocycles. The van der Waals surface area contributed by atoms with Crippen LogP contribution in [0, 0.1) is 17.8 Å². The summed E-state index contributed by atoms with van der Waals surface area (Å²) in [6.45, 7) is 2.03. The fourth-order valence-corrected chi connectivity index (χ4v) is 3.13. The average Bonchev–Trinajstić information content (AvgIpc) is 2.64. The second-order valence-electron chi connectivity index (χ2n) is 5.71. The van der Waals surface area contributed by atoms with Crippen LogP contribution in [0.25, 0.3) is 0 Å². The molecule has 106 valence electrons. The highest BCUT2D eigenvalue weighted by Gasteiger charge is 2.47. The number of carbonyl (C=O) groups excluding carboxylic acids is 2. The van der Waals surface area contributed by atoms with Gasteiger partial charge in [0, 0.05) is 6.54 Å². The predicted molar refractivity (Wildman–Crippen MR) is 68.2 cm³/mol. The van der Waals surface area contributed by atoms with Gasteiger partial charge in [-0.2, -0.15) is 0 Å². The number of likely N-dealkylation sites (tertiary alicyclic amines) is 1. The highest BCUT2D eigenvalue weighted by Crippen LogP contribution is 2.38. The Morgan fingerprint density at radius 3 is 2.26 bits per heavy atom. The largest absolute Gasteiger partial charge is 0.481 e. The fraction of sp³-hybridized carbons (Fsp3) is 0.786. The van der Waals surface area contributed by atoms with Gasteiger partial charge < -0.3 is 5.11 Å². The number of hydrogen-bond acceptors (Lipinski definition) is 3. The van der Waals surface area contributed by atoms with E-state index in [0.29, 0.717) is 19.4 Å². The van der Waals surface area contributed by atoms with Crippen LogP contribution in [-0.4, -0.2) is 34.3 Å². The minimum absolute atomic E-state index is 0.0299. The molecule has 1 aliphatic carbocycles. The normalized spacial score (nSPS) is 28.4. The summed E-state index contributed by atoms with van der Waals surface area (Å²) in [7, 11) is 0. The van der Waals surface area contributed by atoms with E-state index in [1.54, 1.807) is 6.92 Å². The number of carbonyl (C=O) groups is 3. The van der Waals surface area contributed by atoms with Crippen molar-refractivity contribution in [1.82, 2.24) is 4.90 Å². The van der Waals surface area contributed by atoms with Crippen LogP contribution in [-0.2, 0) is 14.4 Å². The lowest BCUT2D eigenvalue weighted by Crippen LogP contribution is -2.32. The van der Waals surface area contributed by atoms with Gasteiger partial charge in [0.1, 0.15) is 0 Å². The van der Waals surface area contributed by atoms with Crippen molar-refractivity contribution in [2.75, 3.05) is 6.54 Å². The first kappa shape index (κ1) is 14.0. The number of nitrogens with zero attached hydrogens (tertiary/aromatic N) is 1. The van der Waals surface area contributed by atoms with Gasteiger partial charge in [-0.1, -0.05) is 19.8 Å². The van der Waals surface area contributed by atoms with Gasteiger partial charge in [-0.15, -0.1) is 0 Å². The van der Waals surface area contributed by atoms with E-state index in [9.17, 15) is 14.4 Å².